The zero-order chi connectivity index (χ0) is 22.2. The Morgan fingerprint density at radius 1 is 1.00 bits per heavy atom. The smallest absolute Gasteiger partial charge is 0.306 e. The van der Waals surface area contributed by atoms with Crippen molar-refractivity contribution in [1.29, 1.82) is 0 Å². The zero-order valence-corrected chi connectivity index (χ0v) is 17.6. The fraction of sp³-hybridized carbons (Fsp3) is 0.143. The first kappa shape index (κ1) is 20.5. The highest BCUT2D eigenvalue weighted by molar-refractivity contribution is 7.86. The van der Waals surface area contributed by atoms with Crippen molar-refractivity contribution in [2.75, 3.05) is 13.3 Å². The lowest BCUT2D eigenvalue weighted by atomic mass is 9.81. The van der Waals surface area contributed by atoms with Crippen LogP contribution in [0.5, 0.6) is 5.75 Å². The van der Waals surface area contributed by atoms with E-state index in [1.54, 1.807) is 36.7 Å². The number of hydrogen-bond donors (Lipinski definition) is 1. The number of nitrogens with two attached hydrogens (primary N) is 1. The van der Waals surface area contributed by atoms with E-state index >= 15 is 0 Å². The Kier molecular flexibility index (Phi) is 4.94. The molecule has 1 aromatic heterocycles. The molecule has 158 valence electrons. The van der Waals surface area contributed by atoms with E-state index in [-0.39, 0.29) is 17.6 Å². The number of carbonyl (C=O) groups is 1. The van der Waals surface area contributed by atoms with Gasteiger partial charge in [-0.2, -0.15) is 8.42 Å². The van der Waals surface area contributed by atoms with Gasteiger partial charge in [-0.15, -0.1) is 0 Å². The summed E-state index contributed by atoms with van der Waals surface area (Å²) in [7, 11) is -2.21. The van der Waals surface area contributed by atoms with E-state index in [2.05, 4.69) is 15.0 Å². The second kappa shape index (κ2) is 7.47. The first-order chi connectivity index (χ1) is 14.7. The summed E-state index contributed by atoms with van der Waals surface area (Å²) in [6.45, 7) is 0. The molecular weight excluding hydrogens is 418 g/mol. The van der Waals surface area contributed by atoms with Gasteiger partial charge in [0, 0.05) is 25.0 Å². The van der Waals surface area contributed by atoms with Crippen molar-refractivity contribution >= 4 is 22.0 Å². The van der Waals surface area contributed by atoms with Crippen molar-refractivity contribution in [2.45, 2.75) is 5.54 Å². The standard InChI is InChI=1S/C21H19N5O4S/c1-26-19(27)21(25-20(26)22,17-7-4-8-18(10-17)30-31(2,28)29)16-6-3-5-14(9-16)15-11-23-13-24-12-15/h3-13H,1-2H3,(H2,22,25). The van der Waals surface area contributed by atoms with Gasteiger partial charge in [-0.1, -0.05) is 30.3 Å². The molecule has 1 atom stereocenters. The van der Waals surface area contributed by atoms with Gasteiger partial charge in [0.25, 0.3) is 5.91 Å². The predicted octanol–water partition coefficient (Wildman–Crippen LogP) is 1.51. The lowest BCUT2D eigenvalue weighted by Gasteiger charge is -2.26. The Bertz CT molecular complexity index is 1290. The van der Waals surface area contributed by atoms with Crippen molar-refractivity contribution in [1.82, 2.24) is 14.9 Å². The van der Waals surface area contributed by atoms with Gasteiger partial charge in [0.2, 0.25) is 0 Å². The van der Waals surface area contributed by atoms with E-state index in [9.17, 15) is 13.2 Å². The van der Waals surface area contributed by atoms with Crippen LogP contribution < -0.4 is 9.92 Å². The summed E-state index contributed by atoms with van der Waals surface area (Å²) < 4.78 is 28.2. The molecule has 0 aliphatic carbocycles. The second-order valence-corrected chi connectivity index (χ2v) is 8.64. The van der Waals surface area contributed by atoms with Crippen LogP contribution >= 0.6 is 0 Å². The molecule has 0 fully saturated rings. The molecule has 1 amide bonds. The number of likely N-dealkylation sites (N-methyl/N-ethyl adjacent to an activating group) is 1. The van der Waals surface area contributed by atoms with Gasteiger partial charge >= 0.3 is 10.1 Å². The molecule has 10 heteroatoms. The van der Waals surface area contributed by atoms with Gasteiger partial charge in [-0.25, -0.2) is 15.0 Å². The van der Waals surface area contributed by atoms with Crippen molar-refractivity contribution in [3.05, 3.63) is 78.4 Å². The summed E-state index contributed by atoms with van der Waals surface area (Å²) >= 11 is 0. The molecule has 0 saturated heterocycles. The Morgan fingerprint density at radius 3 is 2.26 bits per heavy atom. The largest absolute Gasteiger partial charge is 0.383 e. The van der Waals surface area contributed by atoms with E-state index < -0.39 is 15.7 Å². The van der Waals surface area contributed by atoms with Crippen LogP contribution in [0.25, 0.3) is 11.1 Å². The molecule has 1 aliphatic heterocycles. The molecule has 0 radical (unpaired) electrons. The maximum Gasteiger partial charge on any atom is 0.306 e. The topological polar surface area (TPSA) is 128 Å². The SMILES string of the molecule is CN1C(=O)C(c2cccc(OS(C)(=O)=O)c2)(c2cccc(-c3cncnc3)c2)N=C1N. The van der Waals surface area contributed by atoms with E-state index in [4.69, 9.17) is 9.92 Å². The lowest BCUT2D eigenvalue weighted by molar-refractivity contribution is -0.129. The van der Waals surface area contributed by atoms with Crippen LogP contribution in [0.2, 0.25) is 0 Å². The van der Waals surface area contributed by atoms with Crippen LogP contribution in [-0.4, -0.2) is 48.5 Å². The number of hydrogen-bond acceptors (Lipinski definition) is 8. The molecule has 3 aromatic rings. The van der Waals surface area contributed by atoms with Crippen molar-refractivity contribution in [3.8, 4) is 16.9 Å². The Labute approximate surface area is 179 Å². The molecule has 2 heterocycles. The number of nitrogens with zero attached hydrogens (tertiary/aromatic N) is 4. The van der Waals surface area contributed by atoms with Gasteiger partial charge in [0.15, 0.2) is 11.5 Å². The lowest BCUT2D eigenvalue weighted by Crippen LogP contribution is -2.41. The molecule has 0 spiro atoms. The summed E-state index contributed by atoms with van der Waals surface area (Å²) in [6.07, 6.45) is 5.72. The third-order valence-electron chi connectivity index (χ3n) is 4.91. The molecule has 1 unspecified atom stereocenters. The van der Waals surface area contributed by atoms with Crippen molar-refractivity contribution in [2.24, 2.45) is 10.7 Å². The third kappa shape index (κ3) is 3.73. The number of aromatic nitrogens is 2. The van der Waals surface area contributed by atoms with E-state index in [1.165, 1.54) is 30.4 Å². The predicted molar refractivity (Wildman–Crippen MR) is 115 cm³/mol. The third-order valence-corrected chi connectivity index (χ3v) is 5.41. The average Bonchev–Trinajstić information content (AvgIpc) is 2.98. The summed E-state index contributed by atoms with van der Waals surface area (Å²) in [4.78, 5) is 27.3. The van der Waals surface area contributed by atoms with Crippen LogP contribution in [0, 0.1) is 0 Å². The molecule has 2 N–H and O–H groups in total. The van der Waals surface area contributed by atoms with Gasteiger partial charge in [0.05, 0.1) is 6.26 Å². The maximum absolute atomic E-state index is 13.4. The minimum atomic E-state index is -3.75. The van der Waals surface area contributed by atoms with Crippen LogP contribution in [0.15, 0.2) is 72.2 Å². The first-order valence-corrected chi connectivity index (χ1v) is 11.0. The normalized spacial score (nSPS) is 18.7. The molecule has 2 aromatic carbocycles. The highest BCUT2D eigenvalue weighted by atomic mass is 32.2. The van der Waals surface area contributed by atoms with Crippen molar-refractivity contribution in [3.63, 3.8) is 0 Å². The van der Waals surface area contributed by atoms with Crippen molar-refractivity contribution < 1.29 is 17.4 Å². The maximum atomic E-state index is 13.4. The molecular formula is C21H19N5O4S. The molecule has 1 aliphatic rings. The number of rotatable bonds is 5. The fourth-order valence-electron chi connectivity index (χ4n) is 3.50. The summed E-state index contributed by atoms with van der Waals surface area (Å²) in [5, 5.41) is 0. The van der Waals surface area contributed by atoms with Gasteiger partial charge < -0.3 is 9.92 Å². The average molecular weight is 437 g/mol. The molecule has 4 rings (SSSR count). The number of carbonyl (C=O) groups excluding carboxylic acids is 1. The van der Waals surface area contributed by atoms with Gasteiger partial charge in [-0.3, -0.25) is 9.69 Å². The van der Waals surface area contributed by atoms with Gasteiger partial charge in [0.1, 0.15) is 12.1 Å². The number of aliphatic imine (C=N–C) groups is 1. The summed E-state index contributed by atoms with van der Waals surface area (Å²) in [5.41, 5.74) is 7.06. The quantitative estimate of drug-likeness (QED) is 0.599. The van der Waals surface area contributed by atoms with Gasteiger partial charge in [-0.05, 0) is 34.9 Å². The Hall–Kier alpha value is -3.79. The minimum Gasteiger partial charge on any atom is -0.383 e. The summed E-state index contributed by atoms with van der Waals surface area (Å²) in [6, 6.07) is 13.5. The number of guanidine groups is 1. The van der Waals surface area contributed by atoms with E-state index in [0.29, 0.717) is 11.1 Å². The van der Waals surface area contributed by atoms with Crippen LogP contribution in [0.4, 0.5) is 0 Å². The summed E-state index contributed by atoms with van der Waals surface area (Å²) in [5.74, 6) is -0.251. The van der Waals surface area contributed by atoms with Crippen LogP contribution in [0.3, 0.4) is 0 Å². The molecule has 9 nitrogen and oxygen atoms in total. The zero-order valence-electron chi connectivity index (χ0n) is 16.8. The van der Waals surface area contributed by atoms with E-state index in [0.717, 1.165) is 17.4 Å². The Morgan fingerprint density at radius 2 is 1.65 bits per heavy atom. The number of amides is 1. The Balaban J connectivity index is 1.92. The fourth-order valence-corrected chi connectivity index (χ4v) is 3.96. The minimum absolute atomic E-state index is 0.0490. The highest BCUT2D eigenvalue weighted by Crippen LogP contribution is 2.41. The first-order valence-electron chi connectivity index (χ1n) is 9.20. The highest BCUT2D eigenvalue weighted by Gasteiger charge is 2.49. The monoisotopic (exact) mass is 437 g/mol. The van der Waals surface area contributed by atoms with Crippen LogP contribution in [-0.2, 0) is 20.5 Å². The number of benzene rings is 2. The molecule has 0 bridgehead atoms. The molecule has 0 saturated carbocycles. The van der Waals surface area contributed by atoms with Crippen LogP contribution in [0.1, 0.15) is 11.1 Å². The van der Waals surface area contributed by atoms with E-state index in [1.807, 2.05) is 12.1 Å². The second-order valence-electron chi connectivity index (χ2n) is 7.07. The molecule has 31 heavy (non-hydrogen) atoms.